The van der Waals surface area contributed by atoms with Crippen LogP contribution in [0.3, 0.4) is 0 Å². The van der Waals surface area contributed by atoms with Crippen molar-refractivity contribution in [2.75, 3.05) is 31.1 Å². The highest BCUT2D eigenvalue weighted by Gasteiger charge is 2.35. The van der Waals surface area contributed by atoms with E-state index in [-0.39, 0.29) is 5.91 Å². The van der Waals surface area contributed by atoms with Crippen LogP contribution in [-0.4, -0.2) is 48.3 Å². The molecule has 32 heavy (non-hydrogen) atoms. The van der Waals surface area contributed by atoms with E-state index in [0.717, 1.165) is 49.2 Å². The molecule has 2 saturated heterocycles. The minimum Gasteiger partial charge on any atom is -0.371 e. The topological polar surface area (TPSA) is 79.3 Å². The molecule has 2 aromatic rings. The molecule has 0 aliphatic carbocycles. The second kappa shape index (κ2) is 10.9. The van der Waals surface area contributed by atoms with Gasteiger partial charge in [0, 0.05) is 31.2 Å². The van der Waals surface area contributed by atoms with Crippen molar-refractivity contribution in [2.45, 2.75) is 65.2 Å². The Morgan fingerprint density at radius 1 is 1.22 bits per heavy atom. The lowest BCUT2D eigenvalue weighted by atomic mass is 9.71. The van der Waals surface area contributed by atoms with Gasteiger partial charge >= 0.3 is 0 Å². The summed E-state index contributed by atoms with van der Waals surface area (Å²) in [7, 11) is 1.93. The lowest BCUT2D eigenvalue weighted by molar-refractivity contribution is -0.126. The van der Waals surface area contributed by atoms with Crippen LogP contribution in [0.15, 0.2) is 18.2 Å². The number of anilines is 1. The van der Waals surface area contributed by atoms with Crippen molar-refractivity contribution in [3.8, 4) is 0 Å². The molecule has 0 bridgehead atoms. The fraction of sp³-hybridized carbons (Fsp3) is 0.640. The first kappa shape index (κ1) is 24.2. The van der Waals surface area contributed by atoms with E-state index in [4.69, 9.17) is 0 Å². The average molecular weight is 442 g/mol. The van der Waals surface area contributed by atoms with Gasteiger partial charge in [-0.25, -0.2) is 0 Å². The van der Waals surface area contributed by atoms with Crippen LogP contribution < -0.4 is 15.5 Å². The van der Waals surface area contributed by atoms with E-state index >= 15 is 0 Å². The van der Waals surface area contributed by atoms with E-state index in [9.17, 15) is 9.59 Å². The molecule has 1 spiro atoms. The highest BCUT2D eigenvalue weighted by Crippen LogP contribution is 2.41. The van der Waals surface area contributed by atoms with Crippen LogP contribution >= 0.6 is 0 Å². The number of fused-ring (bicyclic) bond motifs is 1. The minimum atomic E-state index is -0.412. The van der Waals surface area contributed by atoms with Gasteiger partial charge in [0.2, 0.25) is 12.3 Å². The molecule has 2 fully saturated rings. The summed E-state index contributed by atoms with van der Waals surface area (Å²) in [5.74, 6) is -0.691. The number of piperidine rings is 2. The maximum atomic E-state index is 12.4. The summed E-state index contributed by atoms with van der Waals surface area (Å²) < 4.78 is 1.86. The number of imide groups is 1. The summed E-state index contributed by atoms with van der Waals surface area (Å²) in [5.41, 5.74) is 3.55. The van der Waals surface area contributed by atoms with Crippen LogP contribution in [0.2, 0.25) is 0 Å². The van der Waals surface area contributed by atoms with Crippen molar-refractivity contribution in [1.29, 1.82) is 0 Å². The Morgan fingerprint density at radius 2 is 1.91 bits per heavy atom. The van der Waals surface area contributed by atoms with Crippen LogP contribution in [0.5, 0.6) is 0 Å². The molecule has 1 aromatic heterocycles. The first-order valence-electron chi connectivity index (χ1n) is 12.2. The van der Waals surface area contributed by atoms with Crippen molar-refractivity contribution in [2.24, 2.45) is 12.5 Å². The molecule has 7 nitrogen and oxygen atoms in total. The number of hydrogen-bond acceptors (Lipinski definition) is 5. The molecule has 2 aliphatic rings. The monoisotopic (exact) mass is 441 g/mol. The lowest BCUT2D eigenvalue weighted by Gasteiger charge is -2.45. The first-order valence-corrected chi connectivity index (χ1v) is 12.2. The third-order valence-corrected chi connectivity index (χ3v) is 7.14. The zero-order valence-electron chi connectivity index (χ0n) is 20.1. The van der Waals surface area contributed by atoms with Gasteiger partial charge in [0.15, 0.2) is 0 Å². The Kier molecular flexibility index (Phi) is 8.29. The number of benzene rings is 1. The number of aryl methyl sites for hydroxylation is 1. The quantitative estimate of drug-likeness (QED) is 0.668. The highest BCUT2D eigenvalue weighted by molar-refractivity contribution is 5.95. The molecule has 0 saturated carbocycles. The largest absolute Gasteiger partial charge is 0.371 e. The molecule has 176 valence electrons. The Morgan fingerprint density at radius 3 is 2.53 bits per heavy atom. The average Bonchev–Trinajstić information content (AvgIpc) is 3.15. The van der Waals surface area contributed by atoms with Crippen molar-refractivity contribution in [3.63, 3.8) is 0 Å². The fourth-order valence-electron chi connectivity index (χ4n) is 5.26. The van der Waals surface area contributed by atoms with Crippen molar-refractivity contribution in [1.82, 2.24) is 20.4 Å². The molecule has 0 radical (unpaired) electrons. The zero-order chi connectivity index (χ0) is 23.1. The van der Waals surface area contributed by atoms with Crippen LogP contribution in [-0.2, 0) is 16.6 Å². The third-order valence-electron chi connectivity index (χ3n) is 7.14. The van der Waals surface area contributed by atoms with Gasteiger partial charge in [-0.2, -0.15) is 5.10 Å². The number of carbonyl (C=O) groups excluding carboxylic acids is 2. The lowest BCUT2D eigenvalue weighted by Crippen LogP contribution is -2.45. The van der Waals surface area contributed by atoms with Gasteiger partial charge in [-0.3, -0.25) is 19.6 Å². The summed E-state index contributed by atoms with van der Waals surface area (Å²) >= 11 is 0. The number of nitrogens with zero attached hydrogens (tertiary/aromatic N) is 3. The number of amides is 2. The zero-order valence-corrected chi connectivity index (χ0v) is 20.1. The van der Waals surface area contributed by atoms with E-state index in [2.05, 4.69) is 38.8 Å². The van der Waals surface area contributed by atoms with Gasteiger partial charge in [-0.15, -0.1) is 0 Å². The molecule has 2 N–H and O–H groups in total. The summed E-state index contributed by atoms with van der Waals surface area (Å²) in [6, 6.07) is 6.46. The fourth-order valence-corrected chi connectivity index (χ4v) is 5.26. The van der Waals surface area contributed by atoms with Crippen molar-refractivity contribution < 1.29 is 9.59 Å². The molecule has 3 heterocycles. The smallest absolute Gasteiger partial charge is 0.235 e. The maximum absolute atomic E-state index is 12.4. The van der Waals surface area contributed by atoms with Crippen LogP contribution in [0, 0.1) is 5.41 Å². The molecule has 2 aliphatic heterocycles. The SMILES string of the molecule is CC.CCCC(C(=O)NC=O)c1nn(C)c2cc(N3CCC4(CCNCC4)CC3)ccc12. The van der Waals surface area contributed by atoms with Gasteiger partial charge in [0.05, 0.1) is 17.1 Å². The van der Waals surface area contributed by atoms with Gasteiger partial charge in [0.25, 0.3) is 0 Å². The molecule has 4 rings (SSSR count). The summed E-state index contributed by atoms with van der Waals surface area (Å²) in [6.45, 7) is 10.5. The van der Waals surface area contributed by atoms with E-state index in [0.29, 0.717) is 18.2 Å². The molecule has 1 atom stereocenters. The molecule has 1 aromatic carbocycles. The van der Waals surface area contributed by atoms with Gasteiger partial charge in [-0.05, 0) is 68.8 Å². The minimum absolute atomic E-state index is 0.278. The Bertz CT molecular complexity index is 906. The van der Waals surface area contributed by atoms with E-state index in [1.165, 1.54) is 31.4 Å². The van der Waals surface area contributed by atoms with Gasteiger partial charge in [-0.1, -0.05) is 27.2 Å². The Hall–Kier alpha value is -2.41. The first-order chi connectivity index (χ1) is 15.6. The second-order valence-electron chi connectivity index (χ2n) is 8.92. The van der Waals surface area contributed by atoms with Crippen LogP contribution in [0.25, 0.3) is 10.9 Å². The predicted molar refractivity (Wildman–Crippen MR) is 130 cm³/mol. The number of hydrogen-bond donors (Lipinski definition) is 2. The molecular formula is C25H39N5O2. The van der Waals surface area contributed by atoms with Crippen molar-refractivity contribution >= 4 is 28.9 Å². The summed E-state index contributed by atoms with van der Waals surface area (Å²) in [5, 5.41) is 11.5. The van der Waals surface area contributed by atoms with Crippen LogP contribution in [0.4, 0.5) is 5.69 Å². The predicted octanol–water partition coefficient (Wildman–Crippen LogP) is 3.73. The number of nitrogens with one attached hydrogen (secondary N) is 2. The Balaban J connectivity index is 0.00000141. The number of aromatic nitrogens is 2. The third kappa shape index (κ3) is 4.98. The molecule has 7 heteroatoms. The second-order valence-corrected chi connectivity index (χ2v) is 8.92. The molecule has 1 unspecified atom stereocenters. The van der Waals surface area contributed by atoms with Crippen molar-refractivity contribution in [3.05, 3.63) is 23.9 Å². The molecule has 2 amide bonds. The summed E-state index contributed by atoms with van der Waals surface area (Å²) in [4.78, 5) is 25.7. The Labute approximate surface area is 191 Å². The number of rotatable bonds is 6. The maximum Gasteiger partial charge on any atom is 0.235 e. The van der Waals surface area contributed by atoms with Gasteiger partial charge in [0.1, 0.15) is 0 Å². The normalized spacial score (nSPS) is 18.7. The van der Waals surface area contributed by atoms with E-state index in [1.807, 2.05) is 32.5 Å². The highest BCUT2D eigenvalue weighted by atomic mass is 16.2. The van der Waals surface area contributed by atoms with Gasteiger partial charge < -0.3 is 10.2 Å². The van der Waals surface area contributed by atoms with E-state index in [1.54, 1.807) is 0 Å². The van der Waals surface area contributed by atoms with Crippen LogP contribution in [0.1, 0.15) is 70.9 Å². The van der Waals surface area contributed by atoms with E-state index < -0.39 is 5.92 Å². The summed E-state index contributed by atoms with van der Waals surface area (Å²) in [6.07, 6.45) is 7.08. The standard InChI is InChI=1S/C23H33N5O2.C2H6/c1-3-4-19(22(30)25-16-29)21-18-6-5-17(15-20(18)27(2)26-21)28-13-9-23(10-14-28)7-11-24-12-8-23;1-2/h5-6,15-16,19,24H,3-4,7-14H2,1-2H3,(H,25,29,30);1-2H3. The molecular weight excluding hydrogens is 402 g/mol. The number of carbonyl (C=O) groups is 2.